The predicted octanol–water partition coefficient (Wildman–Crippen LogP) is 1.61. The van der Waals surface area contributed by atoms with E-state index in [2.05, 4.69) is 10.9 Å². The van der Waals surface area contributed by atoms with Crippen molar-refractivity contribution in [1.82, 2.24) is 10.9 Å². The Morgan fingerprint density at radius 2 is 2.00 bits per heavy atom. The molecule has 2 rings (SSSR count). The lowest BCUT2D eigenvalue weighted by Crippen LogP contribution is -2.54. The Labute approximate surface area is 135 Å². The van der Waals surface area contributed by atoms with Crippen molar-refractivity contribution < 1.29 is 19.1 Å². The summed E-state index contributed by atoms with van der Waals surface area (Å²) < 4.78 is 5.04. The van der Waals surface area contributed by atoms with Crippen molar-refractivity contribution >= 4 is 17.7 Å². The summed E-state index contributed by atoms with van der Waals surface area (Å²) in [5, 5.41) is 0. The fraction of sp³-hybridized carbons (Fsp3) is 0.471. The number of amides is 1. The summed E-state index contributed by atoms with van der Waals surface area (Å²) in [6.45, 7) is 1.94. The molecule has 23 heavy (non-hydrogen) atoms. The van der Waals surface area contributed by atoms with Gasteiger partial charge in [-0.25, -0.2) is 5.43 Å². The van der Waals surface area contributed by atoms with E-state index in [1.54, 1.807) is 31.2 Å². The molecule has 0 bridgehead atoms. The molecular formula is C17H22N2O4. The second-order valence-electron chi connectivity index (χ2n) is 5.51. The average Bonchev–Trinajstić information content (AvgIpc) is 2.57. The number of Topliss-reactive ketones (excluding diaryl/α,β-unsaturated/α-hetero) is 1. The first-order valence-corrected chi connectivity index (χ1v) is 7.93. The van der Waals surface area contributed by atoms with Crippen LogP contribution in [-0.4, -0.2) is 30.3 Å². The lowest BCUT2D eigenvalue weighted by molar-refractivity contribution is -0.150. The minimum absolute atomic E-state index is 0.0377. The highest BCUT2D eigenvalue weighted by Gasteiger charge is 2.36. The number of esters is 1. The van der Waals surface area contributed by atoms with Gasteiger partial charge in [-0.05, 0) is 31.9 Å². The molecular weight excluding hydrogens is 296 g/mol. The molecule has 0 heterocycles. The summed E-state index contributed by atoms with van der Waals surface area (Å²) in [4.78, 5) is 36.3. The Morgan fingerprint density at radius 3 is 2.65 bits per heavy atom. The van der Waals surface area contributed by atoms with Crippen molar-refractivity contribution in [3.05, 3.63) is 35.9 Å². The number of ether oxygens (including phenoxy) is 1. The van der Waals surface area contributed by atoms with Crippen LogP contribution in [0.5, 0.6) is 0 Å². The van der Waals surface area contributed by atoms with Crippen LogP contribution >= 0.6 is 0 Å². The number of hydrogen-bond donors (Lipinski definition) is 2. The van der Waals surface area contributed by atoms with Crippen LogP contribution in [0.15, 0.2) is 30.3 Å². The summed E-state index contributed by atoms with van der Waals surface area (Å²) in [6, 6.07) is 7.80. The van der Waals surface area contributed by atoms with E-state index in [1.165, 1.54) is 0 Å². The van der Waals surface area contributed by atoms with Crippen LogP contribution in [0.4, 0.5) is 0 Å². The van der Waals surface area contributed by atoms with Gasteiger partial charge in [0, 0.05) is 17.9 Å². The molecule has 1 aliphatic carbocycles. The molecule has 1 aliphatic rings. The van der Waals surface area contributed by atoms with Crippen LogP contribution in [0.25, 0.3) is 0 Å². The highest BCUT2D eigenvalue weighted by molar-refractivity contribution is 5.94. The number of hydrazine groups is 1. The van der Waals surface area contributed by atoms with Gasteiger partial charge in [0.05, 0.1) is 6.61 Å². The largest absolute Gasteiger partial charge is 0.465 e. The zero-order chi connectivity index (χ0) is 16.7. The van der Waals surface area contributed by atoms with Gasteiger partial charge in [0.15, 0.2) is 0 Å². The molecule has 0 aromatic heterocycles. The van der Waals surface area contributed by atoms with Gasteiger partial charge in [0.1, 0.15) is 11.8 Å². The highest BCUT2D eigenvalue weighted by atomic mass is 16.5. The van der Waals surface area contributed by atoms with Gasteiger partial charge in [-0.2, -0.15) is 0 Å². The normalized spacial score (nSPS) is 19.0. The number of carbonyl (C=O) groups is 3. The van der Waals surface area contributed by atoms with Crippen LogP contribution in [0, 0.1) is 5.92 Å². The molecule has 1 aromatic rings. The summed E-state index contributed by atoms with van der Waals surface area (Å²) in [5.41, 5.74) is 5.69. The smallest absolute Gasteiger partial charge is 0.325 e. The molecule has 0 radical (unpaired) electrons. The van der Waals surface area contributed by atoms with Crippen LogP contribution < -0.4 is 10.9 Å². The van der Waals surface area contributed by atoms with Gasteiger partial charge in [-0.3, -0.25) is 19.8 Å². The van der Waals surface area contributed by atoms with Gasteiger partial charge in [-0.15, -0.1) is 0 Å². The van der Waals surface area contributed by atoms with Crippen LogP contribution in [0.1, 0.15) is 43.0 Å². The van der Waals surface area contributed by atoms with Crippen molar-refractivity contribution in [2.24, 2.45) is 5.92 Å². The maximum absolute atomic E-state index is 12.1. The maximum Gasteiger partial charge on any atom is 0.325 e. The minimum Gasteiger partial charge on any atom is -0.465 e. The number of ketones is 1. The van der Waals surface area contributed by atoms with E-state index in [1.807, 2.05) is 6.07 Å². The lowest BCUT2D eigenvalue weighted by atomic mass is 9.83. The van der Waals surface area contributed by atoms with Gasteiger partial charge in [0.25, 0.3) is 5.91 Å². The average molecular weight is 318 g/mol. The molecule has 1 fully saturated rings. The van der Waals surface area contributed by atoms with Crippen molar-refractivity contribution in [2.75, 3.05) is 6.61 Å². The third-order valence-electron chi connectivity index (χ3n) is 3.92. The van der Waals surface area contributed by atoms with Crippen LogP contribution in [0.2, 0.25) is 0 Å². The Kier molecular flexibility index (Phi) is 6.29. The van der Waals surface area contributed by atoms with Gasteiger partial charge in [-0.1, -0.05) is 24.6 Å². The minimum atomic E-state index is -0.851. The number of rotatable bonds is 6. The third kappa shape index (κ3) is 4.63. The molecule has 1 aromatic carbocycles. The van der Waals surface area contributed by atoms with Crippen molar-refractivity contribution in [1.29, 1.82) is 0 Å². The predicted molar refractivity (Wildman–Crippen MR) is 84.4 cm³/mol. The quantitative estimate of drug-likeness (QED) is 0.615. The zero-order valence-corrected chi connectivity index (χ0v) is 13.2. The van der Waals surface area contributed by atoms with Gasteiger partial charge >= 0.3 is 5.97 Å². The fourth-order valence-corrected chi connectivity index (χ4v) is 2.72. The zero-order valence-electron chi connectivity index (χ0n) is 13.2. The molecule has 6 nitrogen and oxygen atoms in total. The van der Waals surface area contributed by atoms with Crippen LogP contribution in [0.3, 0.4) is 0 Å². The number of carbonyl (C=O) groups excluding carboxylic acids is 3. The number of nitrogens with one attached hydrogen (secondary N) is 2. The van der Waals surface area contributed by atoms with Gasteiger partial charge < -0.3 is 4.74 Å². The SMILES string of the molecule is CCOC(=O)C(NNC(=O)c1ccccc1)C1CCCCC1=O. The van der Waals surface area contributed by atoms with E-state index in [4.69, 9.17) is 4.74 Å². The summed E-state index contributed by atoms with van der Waals surface area (Å²) in [5.74, 6) is -1.29. The lowest BCUT2D eigenvalue weighted by Gasteiger charge is -2.28. The third-order valence-corrected chi connectivity index (χ3v) is 3.92. The molecule has 0 saturated heterocycles. The Balaban J connectivity index is 2.04. The molecule has 6 heteroatoms. The molecule has 2 N–H and O–H groups in total. The summed E-state index contributed by atoms with van der Waals surface area (Å²) in [7, 11) is 0. The maximum atomic E-state index is 12.1. The molecule has 1 amide bonds. The molecule has 0 spiro atoms. The first-order chi connectivity index (χ1) is 11.1. The molecule has 2 atom stereocenters. The van der Waals surface area contributed by atoms with E-state index in [0.717, 1.165) is 12.8 Å². The van der Waals surface area contributed by atoms with E-state index in [9.17, 15) is 14.4 Å². The standard InChI is InChI=1S/C17H22N2O4/c1-2-23-17(22)15(13-10-6-7-11-14(13)20)18-19-16(21)12-8-4-3-5-9-12/h3-5,8-9,13,15,18H,2,6-7,10-11H2,1H3,(H,19,21). The van der Waals surface area contributed by atoms with Gasteiger partial charge in [0.2, 0.25) is 0 Å². The Bertz CT molecular complexity index is 559. The molecule has 124 valence electrons. The number of hydrogen-bond acceptors (Lipinski definition) is 5. The summed E-state index contributed by atoms with van der Waals surface area (Å²) >= 11 is 0. The van der Waals surface area contributed by atoms with E-state index in [-0.39, 0.29) is 18.3 Å². The van der Waals surface area contributed by atoms with Crippen molar-refractivity contribution in [3.8, 4) is 0 Å². The van der Waals surface area contributed by atoms with Crippen LogP contribution in [-0.2, 0) is 14.3 Å². The second kappa shape index (κ2) is 8.43. The van der Waals surface area contributed by atoms with E-state index in [0.29, 0.717) is 18.4 Å². The van der Waals surface area contributed by atoms with Crippen molar-refractivity contribution in [3.63, 3.8) is 0 Å². The monoisotopic (exact) mass is 318 g/mol. The topological polar surface area (TPSA) is 84.5 Å². The Hall–Kier alpha value is -2.21. The highest BCUT2D eigenvalue weighted by Crippen LogP contribution is 2.24. The number of benzene rings is 1. The van der Waals surface area contributed by atoms with E-state index < -0.39 is 17.9 Å². The fourth-order valence-electron chi connectivity index (χ4n) is 2.72. The first-order valence-electron chi connectivity index (χ1n) is 7.93. The molecule has 0 aliphatic heterocycles. The van der Waals surface area contributed by atoms with Crippen molar-refractivity contribution in [2.45, 2.75) is 38.6 Å². The molecule has 1 saturated carbocycles. The van der Waals surface area contributed by atoms with E-state index >= 15 is 0 Å². The first kappa shape index (κ1) is 17.1. The Morgan fingerprint density at radius 1 is 1.26 bits per heavy atom. The second-order valence-corrected chi connectivity index (χ2v) is 5.51. The summed E-state index contributed by atoms with van der Waals surface area (Å²) in [6.07, 6.45) is 2.83. The molecule has 2 unspecified atom stereocenters.